The molecule has 3 aromatic carbocycles. The molecule has 0 aliphatic heterocycles. The topological polar surface area (TPSA) is 85.1 Å². The first-order valence-corrected chi connectivity index (χ1v) is 8.73. The van der Waals surface area contributed by atoms with Crippen molar-refractivity contribution in [2.24, 2.45) is 0 Å². The van der Waals surface area contributed by atoms with Crippen molar-refractivity contribution in [1.82, 2.24) is 25.0 Å². The molecule has 5 rings (SSSR count). The minimum Gasteiger partial charge on any atom is -0.337 e. The van der Waals surface area contributed by atoms with Crippen LogP contribution >= 0.6 is 0 Å². The number of nitrogens with one attached hydrogen (secondary N) is 1. The van der Waals surface area contributed by atoms with Crippen molar-refractivity contribution in [3.8, 4) is 0 Å². The van der Waals surface area contributed by atoms with E-state index in [-0.39, 0.29) is 5.78 Å². The van der Waals surface area contributed by atoms with E-state index in [0.717, 1.165) is 5.69 Å². The van der Waals surface area contributed by atoms with Gasteiger partial charge in [0, 0.05) is 16.8 Å². The highest BCUT2D eigenvalue weighted by atomic mass is 16.1. The number of para-hydroxylation sites is 1. The minimum absolute atomic E-state index is 0.0600. The fraction of sp³-hybridized carbons (Fsp3) is 0. The largest absolute Gasteiger partial charge is 0.337 e. The standard InChI is InChI=1S/C21H14N6O/c28-19(14-7-3-1-4-8-14)15-11-12-17-18(13-15)27-21(24-25-26-27)20(23-17)22-16-9-5-2-6-10-16/h1-13H,(H,22,23). The van der Waals surface area contributed by atoms with E-state index in [0.29, 0.717) is 33.6 Å². The third kappa shape index (κ3) is 2.75. The first-order valence-electron chi connectivity index (χ1n) is 8.73. The molecular weight excluding hydrogens is 352 g/mol. The molecule has 2 heterocycles. The highest BCUT2D eigenvalue weighted by Gasteiger charge is 2.15. The highest BCUT2D eigenvalue weighted by molar-refractivity contribution is 6.10. The lowest BCUT2D eigenvalue weighted by molar-refractivity contribution is 0.103. The molecule has 28 heavy (non-hydrogen) atoms. The predicted octanol–water partition coefficient (Wildman–Crippen LogP) is 3.65. The van der Waals surface area contributed by atoms with Crippen LogP contribution in [0.15, 0.2) is 78.9 Å². The Morgan fingerprint density at radius 1 is 0.857 bits per heavy atom. The molecule has 5 aromatic rings. The van der Waals surface area contributed by atoms with Crippen molar-refractivity contribution in [3.05, 3.63) is 90.0 Å². The number of benzene rings is 3. The normalized spacial score (nSPS) is 11.0. The van der Waals surface area contributed by atoms with E-state index in [1.807, 2.05) is 54.6 Å². The minimum atomic E-state index is -0.0600. The van der Waals surface area contributed by atoms with Gasteiger partial charge in [-0.05, 0) is 40.8 Å². The molecule has 0 amide bonds. The molecule has 1 N–H and O–H groups in total. The number of carbonyl (C=O) groups excluding carboxylic acids is 1. The number of tetrazole rings is 1. The summed E-state index contributed by atoms with van der Waals surface area (Å²) in [5, 5.41) is 15.2. The summed E-state index contributed by atoms with van der Waals surface area (Å²) in [4.78, 5) is 17.4. The summed E-state index contributed by atoms with van der Waals surface area (Å²) in [7, 11) is 0. The van der Waals surface area contributed by atoms with Crippen molar-refractivity contribution in [2.75, 3.05) is 5.32 Å². The molecule has 0 unspecified atom stereocenters. The van der Waals surface area contributed by atoms with Gasteiger partial charge in [-0.2, -0.15) is 4.52 Å². The number of hydrogen-bond donors (Lipinski definition) is 1. The van der Waals surface area contributed by atoms with Crippen LogP contribution in [0.1, 0.15) is 15.9 Å². The van der Waals surface area contributed by atoms with Gasteiger partial charge in [0.05, 0.1) is 11.0 Å². The zero-order chi connectivity index (χ0) is 18.9. The van der Waals surface area contributed by atoms with Crippen LogP contribution in [0.2, 0.25) is 0 Å². The summed E-state index contributed by atoms with van der Waals surface area (Å²) in [6, 6.07) is 24.2. The number of ketones is 1. The molecule has 0 atom stereocenters. The molecule has 0 aliphatic rings. The number of rotatable bonds is 4. The van der Waals surface area contributed by atoms with Crippen LogP contribution in [0.25, 0.3) is 16.7 Å². The maximum Gasteiger partial charge on any atom is 0.222 e. The van der Waals surface area contributed by atoms with Crippen molar-refractivity contribution in [2.45, 2.75) is 0 Å². The Morgan fingerprint density at radius 2 is 1.61 bits per heavy atom. The van der Waals surface area contributed by atoms with Gasteiger partial charge in [0.15, 0.2) is 11.6 Å². The molecule has 0 fully saturated rings. The summed E-state index contributed by atoms with van der Waals surface area (Å²) in [5.41, 5.74) is 3.91. The molecule has 7 heteroatoms. The van der Waals surface area contributed by atoms with E-state index in [1.165, 1.54) is 0 Å². The second-order valence-electron chi connectivity index (χ2n) is 6.26. The van der Waals surface area contributed by atoms with Crippen LogP contribution < -0.4 is 5.32 Å². The fourth-order valence-electron chi connectivity index (χ4n) is 3.09. The molecule has 0 spiro atoms. The van der Waals surface area contributed by atoms with Gasteiger partial charge in [0.2, 0.25) is 5.65 Å². The lowest BCUT2D eigenvalue weighted by atomic mass is 10.0. The smallest absolute Gasteiger partial charge is 0.222 e. The van der Waals surface area contributed by atoms with Crippen LogP contribution in [-0.4, -0.2) is 30.8 Å². The number of fused-ring (bicyclic) bond motifs is 3. The Kier molecular flexibility index (Phi) is 3.76. The summed E-state index contributed by atoms with van der Waals surface area (Å²) in [6.45, 7) is 0. The van der Waals surface area contributed by atoms with E-state index >= 15 is 0 Å². The van der Waals surface area contributed by atoms with E-state index in [2.05, 4.69) is 25.8 Å². The summed E-state index contributed by atoms with van der Waals surface area (Å²) in [6.07, 6.45) is 0. The average Bonchev–Trinajstić information content (AvgIpc) is 3.25. The summed E-state index contributed by atoms with van der Waals surface area (Å²) >= 11 is 0. The number of nitrogens with zero attached hydrogens (tertiary/aromatic N) is 5. The van der Waals surface area contributed by atoms with Crippen LogP contribution in [-0.2, 0) is 0 Å². The summed E-state index contributed by atoms with van der Waals surface area (Å²) < 4.78 is 1.59. The third-order valence-electron chi connectivity index (χ3n) is 4.45. The molecule has 0 bridgehead atoms. The van der Waals surface area contributed by atoms with Crippen molar-refractivity contribution < 1.29 is 4.79 Å². The highest BCUT2D eigenvalue weighted by Crippen LogP contribution is 2.24. The Bertz CT molecular complexity index is 1300. The molecule has 134 valence electrons. The second kappa shape index (κ2) is 6.55. The number of aromatic nitrogens is 5. The Hall–Kier alpha value is -4.13. The van der Waals surface area contributed by atoms with Crippen LogP contribution in [0.5, 0.6) is 0 Å². The van der Waals surface area contributed by atoms with Gasteiger partial charge >= 0.3 is 0 Å². The molecule has 2 aromatic heterocycles. The van der Waals surface area contributed by atoms with Gasteiger partial charge in [-0.3, -0.25) is 4.79 Å². The van der Waals surface area contributed by atoms with Crippen molar-refractivity contribution in [1.29, 1.82) is 0 Å². The summed E-state index contributed by atoms with van der Waals surface area (Å²) in [5.74, 6) is 0.487. The lowest BCUT2D eigenvalue weighted by Gasteiger charge is -2.09. The fourth-order valence-corrected chi connectivity index (χ4v) is 3.09. The lowest BCUT2D eigenvalue weighted by Crippen LogP contribution is -2.04. The Morgan fingerprint density at radius 3 is 2.39 bits per heavy atom. The molecule has 0 saturated carbocycles. The van der Waals surface area contributed by atoms with Gasteiger partial charge in [0.1, 0.15) is 0 Å². The van der Waals surface area contributed by atoms with E-state index in [4.69, 9.17) is 0 Å². The van der Waals surface area contributed by atoms with Gasteiger partial charge in [0.25, 0.3) is 0 Å². The average molecular weight is 366 g/mol. The quantitative estimate of drug-likeness (QED) is 0.489. The van der Waals surface area contributed by atoms with Crippen molar-refractivity contribution >= 4 is 34.0 Å². The Labute approximate surface area is 159 Å². The van der Waals surface area contributed by atoms with E-state index in [1.54, 1.807) is 28.8 Å². The Balaban J connectivity index is 1.63. The van der Waals surface area contributed by atoms with Crippen LogP contribution in [0, 0.1) is 0 Å². The monoisotopic (exact) mass is 366 g/mol. The maximum absolute atomic E-state index is 12.8. The SMILES string of the molecule is O=C(c1ccccc1)c1ccc2nc(Nc3ccccc3)c3nnnn3c2c1. The number of carbonyl (C=O) groups is 1. The molecule has 7 nitrogen and oxygen atoms in total. The van der Waals surface area contributed by atoms with E-state index in [9.17, 15) is 4.79 Å². The molecular formula is C21H14N6O. The maximum atomic E-state index is 12.8. The second-order valence-corrected chi connectivity index (χ2v) is 6.26. The molecule has 0 aliphatic carbocycles. The zero-order valence-electron chi connectivity index (χ0n) is 14.6. The number of anilines is 2. The molecule has 0 saturated heterocycles. The third-order valence-corrected chi connectivity index (χ3v) is 4.45. The first-order chi connectivity index (χ1) is 13.8. The van der Waals surface area contributed by atoms with Gasteiger partial charge < -0.3 is 5.32 Å². The zero-order valence-corrected chi connectivity index (χ0v) is 14.6. The van der Waals surface area contributed by atoms with Gasteiger partial charge in [-0.25, -0.2) is 4.98 Å². The van der Waals surface area contributed by atoms with Crippen LogP contribution in [0.3, 0.4) is 0 Å². The van der Waals surface area contributed by atoms with Crippen LogP contribution in [0.4, 0.5) is 11.5 Å². The van der Waals surface area contributed by atoms with Gasteiger partial charge in [-0.1, -0.05) is 48.5 Å². The molecule has 0 radical (unpaired) electrons. The number of hydrogen-bond acceptors (Lipinski definition) is 6. The predicted molar refractivity (Wildman–Crippen MR) is 106 cm³/mol. The van der Waals surface area contributed by atoms with Crippen molar-refractivity contribution in [3.63, 3.8) is 0 Å². The van der Waals surface area contributed by atoms with E-state index < -0.39 is 0 Å². The first kappa shape index (κ1) is 16.1. The van der Waals surface area contributed by atoms with Gasteiger partial charge in [-0.15, -0.1) is 5.10 Å².